The van der Waals surface area contributed by atoms with Crippen LogP contribution in [0, 0.1) is 17.1 Å². The molecule has 0 aromatic heterocycles. The number of nitriles is 1. The summed E-state index contributed by atoms with van der Waals surface area (Å²) in [6.07, 6.45) is 1.81. The summed E-state index contributed by atoms with van der Waals surface area (Å²) in [7, 11) is 0. The van der Waals surface area contributed by atoms with E-state index in [-0.39, 0.29) is 5.56 Å². The zero-order valence-corrected chi connectivity index (χ0v) is 9.40. The molecule has 3 heteroatoms. The molecule has 88 valence electrons. The van der Waals surface area contributed by atoms with Crippen molar-refractivity contribution in [3.8, 4) is 17.2 Å². The number of halogens is 2. The van der Waals surface area contributed by atoms with E-state index in [0.717, 1.165) is 11.1 Å². The van der Waals surface area contributed by atoms with Gasteiger partial charge in [0.15, 0.2) is 0 Å². The molecule has 0 amide bonds. The van der Waals surface area contributed by atoms with Gasteiger partial charge >= 0.3 is 0 Å². The molecule has 18 heavy (non-hydrogen) atoms. The zero-order chi connectivity index (χ0) is 13.0. The highest BCUT2D eigenvalue weighted by atomic mass is 19.1. The normalized spacial score (nSPS) is 10.5. The van der Waals surface area contributed by atoms with Crippen molar-refractivity contribution in [3.63, 3.8) is 0 Å². The van der Waals surface area contributed by atoms with Crippen molar-refractivity contribution < 1.29 is 8.78 Å². The maximum atomic E-state index is 13.5. The first-order chi connectivity index (χ1) is 8.74. The molecule has 0 saturated carbocycles. The van der Waals surface area contributed by atoms with E-state index in [1.165, 1.54) is 18.2 Å². The molecule has 0 aliphatic carbocycles. The smallest absolute Gasteiger partial charge is 0.141 e. The Labute approximate surface area is 104 Å². The van der Waals surface area contributed by atoms with Gasteiger partial charge < -0.3 is 0 Å². The second-order valence-corrected chi connectivity index (χ2v) is 3.72. The maximum Gasteiger partial charge on any atom is 0.141 e. The summed E-state index contributed by atoms with van der Waals surface area (Å²) in [5.41, 5.74) is 2.25. The minimum atomic E-state index is -0.539. The van der Waals surface area contributed by atoms with Gasteiger partial charge in [0.1, 0.15) is 11.9 Å². The van der Waals surface area contributed by atoms with E-state index in [0.29, 0.717) is 11.9 Å². The van der Waals surface area contributed by atoms with Crippen LogP contribution in [0.3, 0.4) is 0 Å². The molecule has 1 nitrogen and oxygen atoms in total. The van der Waals surface area contributed by atoms with Crippen LogP contribution < -0.4 is 0 Å². The van der Waals surface area contributed by atoms with Crippen molar-refractivity contribution in [2.45, 2.75) is 0 Å². The van der Waals surface area contributed by atoms with Crippen LogP contribution in [0.5, 0.6) is 0 Å². The monoisotopic (exact) mass is 241 g/mol. The summed E-state index contributed by atoms with van der Waals surface area (Å²) < 4.78 is 25.4. The molecule has 0 saturated heterocycles. The minimum Gasteiger partial charge on any atom is -0.216 e. The van der Waals surface area contributed by atoms with Gasteiger partial charge in [0.25, 0.3) is 0 Å². The van der Waals surface area contributed by atoms with Gasteiger partial charge in [-0.3, -0.25) is 0 Å². The summed E-state index contributed by atoms with van der Waals surface area (Å²) in [6, 6.07) is 13.2. The lowest BCUT2D eigenvalue weighted by molar-refractivity contribution is 0.624. The van der Waals surface area contributed by atoms with Crippen molar-refractivity contribution in [1.82, 2.24) is 0 Å². The third-order valence-electron chi connectivity index (χ3n) is 2.59. The third kappa shape index (κ3) is 2.44. The predicted molar refractivity (Wildman–Crippen MR) is 66.7 cm³/mol. The summed E-state index contributed by atoms with van der Waals surface area (Å²) in [5, 5.41) is 8.64. The molecular weight excluding hydrogens is 232 g/mol. The zero-order valence-electron chi connectivity index (χ0n) is 9.40. The molecule has 2 rings (SSSR count). The Balaban J connectivity index is 2.37. The van der Waals surface area contributed by atoms with Crippen LogP contribution in [0.25, 0.3) is 17.2 Å². The highest BCUT2D eigenvalue weighted by molar-refractivity contribution is 5.66. The Morgan fingerprint density at radius 2 is 1.67 bits per heavy atom. The van der Waals surface area contributed by atoms with Gasteiger partial charge in [0.2, 0.25) is 0 Å². The first-order valence-corrected chi connectivity index (χ1v) is 5.31. The molecule has 0 fully saturated rings. The van der Waals surface area contributed by atoms with E-state index < -0.39 is 5.82 Å². The van der Waals surface area contributed by atoms with Crippen LogP contribution >= 0.6 is 0 Å². The van der Waals surface area contributed by atoms with Gasteiger partial charge in [-0.05, 0) is 34.9 Å². The van der Waals surface area contributed by atoms with Crippen LogP contribution in [0.4, 0.5) is 8.78 Å². The summed E-state index contributed by atoms with van der Waals surface area (Å²) in [4.78, 5) is 0. The van der Waals surface area contributed by atoms with Crippen LogP contribution in [-0.2, 0) is 0 Å². The molecule has 0 spiro atoms. The van der Waals surface area contributed by atoms with E-state index in [1.807, 2.05) is 0 Å². The first kappa shape index (κ1) is 12.0. The highest BCUT2D eigenvalue weighted by Gasteiger charge is 2.04. The minimum absolute atomic E-state index is 0.0238. The summed E-state index contributed by atoms with van der Waals surface area (Å²) in [5.74, 6) is -0.539. The number of hydrogen-bond donors (Lipinski definition) is 0. The average molecular weight is 241 g/mol. The van der Waals surface area contributed by atoms with Gasteiger partial charge in [0.05, 0.1) is 11.9 Å². The predicted octanol–water partition coefficient (Wildman–Crippen LogP) is 4.30. The fourth-order valence-corrected chi connectivity index (χ4v) is 1.64. The van der Waals surface area contributed by atoms with Gasteiger partial charge in [-0.25, -0.2) is 8.78 Å². The van der Waals surface area contributed by atoms with E-state index >= 15 is 0 Å². The van der Waals surface area contributed by atoms with Crippen molar-refractivity contribution in [2.75, 3.05) is 0 Å². The Bertz CT molecular complexity index is 622. The first-order valence-electron chi connectivity index (χ1n) is 5.31. The van der Waals surface area contributed by atoms with Gasteiger partial charge in [0, 0.05) is 0 Å². The molecule has 0 unspecified atom stereocenters. The molecular formula is C15H9F2N. The second-order valence-electron chi connectivity index (χ2n) is 3.72. The fraction of sp³-hybridized carbons (Fsp3) is 0. The van der Waals surface area contributed by atoms with E-state index in [4.69, 9.17) is 5.26 Å². The van der Waals surface area contributed by atoms with E-state index in [1.54, 1.807) is 36.4 Å². The maximum absolute atomic E-state index is 13.5. The molecule has 0 heterocycles. The van der Waals surface area contributed by atoms with Crippen molar-refractivity contribution in [2.24, 2.45) is 0 Å². The molecule has 0 N–H and O–H groups in total. The second kappa shape index (κ2) is 5.24. The van der Waals surface area contributed by atoms with E-state index in [2.05, 4.69) is 0 Å². The third-order valence-corrected chi connectivity index (χ3v) is 2.59. The van der Waals surface area contributed by atoms with Crippen LogP contribution in [0.15, 0.2) is 48.8 Å². The number of rotatable bonds is 2. The van der Waals surface area contributed by atoms with Crippen LogP contribution in [0.2, 0.25) is 0 Å². The van der Waals surface area contributed by atoms with Gasteiger partial charge in [-0.15, -0.1) is 0 Å². The molecule has 0 radical (unpaired) electrons. The highest BCUT2D eigenvalue weighted by Crippen LogP contribution is 2.22. The fourth-order valence-electron chi connectivity index (χ4n) is 1.64. The van der Waals surface area contributed by atoms with Gasteiger partial charge in [-0.1, -0.05) is 30.3 Å². The van der Waals surface area contributed by atoms with E-state index in [9.17, 15) is 8.78 Å². The topological polar surface area (TPSA) is 23.8 Å². The molecule has 2 aromatic carbocycles. The number of nitrogens with zero attached hydrogens (tertiary/aromatic N) is 1. The quantitative estimate of drug-likeness (QED) is 0.768. The molecule has 2 aromatic rings. The standard InChI is InChI=1S/C15H9F2N/c16-8-7-11-1-3-12(4-2-11)13-5-6-14(10-18)15(17)9-13/h1-9H/b8-7+. The van der Waals surface area contributed by atoms with Crippen molar-refractivity contribution >= 4 is 6.08 Å². The largest absolute Gasteiger partial charge is 0.216 e. The number of hydrogen-bond acceptors (Lipinski definition) is 1. The Morgan fingerprint density at radius 1 is 1.00 bits per heavy atom. The SMILES string of the molecule is N#Cc1ccc(-c2ccc(/C=C/F)cc2)cc1F. The van der Waals surface area contributed by atoms with Gasteiger partial charge in [-0.2, -0.15) is 5.26 Å². The average Bonchev–Trinajstić information content (AvgIpc) is 2.40. The number of benzene rings is 2. The van der Waals surface area contributed by atoms with Crippen molar-refractivity contribution in [3.05, 3.63) is 65.7 Å². The van der Waals surface area contributed by atoms with Crippen molar-refractivity contribution in [1.29, 1.82) is 5.26 Å². The lowest BCUT2D eigenvalue weighted by Gasteiger charge is -2.03. The van der Waals surface area contributed by atoms with Crippen LogP contribution in [-0.4, -0.2) is 0 Å². The molecule has 0 aliphatic rings. The van der Waals surface area contributed by atoms with Crippen LogP contribution in [0.1, 0.15) is 11.1 Å². The Morgan fingerprint density at radius 3 is 2.22 bits per heavy atom. The lowest BCUT2D eigenvalue weighted by Crippen LogP contribution is -1.85. The molecule has 0 bridgehead atoms. The molecule has 0 atom stereocenters. The summed E-state index contributed by atoms with van der Waals surface area (Å²) in [6.45, 7) is 0. The Kier molecular flexibility index (Phi) is 3.49. The summed E-state index contributed by atoms with van der Waals surface area (Å²) >= 11 is 0. The molecule has 0 aliphatic heterocycles. The lowest BCUT2D eigenvalue weighted by atomic mass is 10.0. The Hall–Kier alpha value is -2.47.